The minimum Gasteiger partial charge on any atom is -0.463 e. The molecule has 3 heteroatoms. The second-order valence-corrected chi connectivity index (χ2v) is 6.67. The Bertz CT molecular complexity index is 761. The predicted molar refractivity (Wildman–Crippen MR) is 92.9 cm³/mol. The highest BCUT2D eigenvalue weighted by atomic mass is 16.6. The quantitative estimate of drug-likeness (QED) is 0.512. The third-order valence-corrected chi connectivity index (χ3v) is 5.05. The van der Waals surface area contributed by atoms with Crippen LogP contribution in [0.5, 0.6) is 0 Å². The Labute approximate surface area is 142 Å². The molecule has 2 aromatic rings. The van der Waals surface area contributed by atoms with Gasteiger partial charge >= 0.3 is 5.97 Å². The topological polar surface area (TPSA) is 38.8 Å². The van der Waals surface area contributed by atoms with Gasteiger partial charge in [0, 0.05) is 0 Å². The predicted octanol–water partition coefficient (Wildman–Crippen LogP) is 3.77. The van der Waals surface area contributed by atoms with Gasteiger partial charge in [-0.3, -0.25) is 4.79 Å². The molecule has 0 spiro atoms. The number of ether oxygens (including phenoxy) is 2. The van der Waals surface area contributed by atoms with Crippen molar-refractivity contribution in [3.63, 3.8) is 0 Å². The highest BCUT2D eigenvalue weighted by Crippen LogP contribution is 2.38. The lowest BCUT2D eigenvalue weighted by Crippen LogP contribution is -2.21. The van der Waals surface area contributed by atoms with E-state index in [9.17, 15) is 4.79 Å². The van der Waals surface area contributed by atoms with E-state index in [1.54, 1.807) is 0 Å². The van der Waals surface area contributed by atoms with Gasteiger partial charge in [-0.1, -0.05) is 49.4 Å². The van der Waals surface area contributed by atoms with Gasteiger partial charge in [0.15, 0.2) is 0 Å². The maximum Gasteiger partial charge on any atom is 0.309 e. The van der Waals surface area contributed by atoms with Crippen LogP contribution in [0.15, 0.2) is 42.5 Å². The van der Waals surface area contributed by atoms with Crippen molar-refractivity contribution in [1.82, 2.24) is 0 Å². The van der Waals surface area contributed by atoms with Crippen LogP contribution in [0.3, 0.4) is 0 Å². The molecule has 2 aliphatic rings. The lowest BCUT2D eigenvalue weighted by molar-refractivity contribution is -0.149. The van der Waals surface area contributed by atoms with E-state index in [0.29, 0.717) is 13.2 Å². The molecule has 24 heavy (non-hydrogen) atoms. The first-order chi connectivity index (χ1) is 11.8. The van der Waals surface area contributed by atoms with E-state index >= 15 is 0 Å². The normalized spacial score (nSPS) is 18.6. The molecule has 0 N–H and O–H groups in total. The van der Waals surface area contributed by atoms with Gasteiger partial charge < -0.3 is 9.47 Å². The highest BCUT2D eigenvalue weighted by Gasteiger charge is 2.28. The van der Waals surface area contributed by atoms with Gasteiger partial charge in [-0.2, -0.15) is 0 Å². The number of hydrogen-bond donors (Lipinski definition) is 0. The summed E-state index contributed by atoms with van der Waals surface area (Å²) in [6.45, 7) is 3.17. The molecule has 2 unspecified atom stereocenters. The molecule has 1 saturated heterocycles. The van der Waals surface area contributed by atoms with Crippen molar-refractivity contribution in [2.75, 3.05) is 13.2 Å². The van der Waals surface area contributed by atoms with Gasteiger partial charge in [-0.25, -0.2) is 0 Å². The van der Waals surface area contributed by atoms with Crippen molar-refractivity contribution < 1.29 is 14.3 Å². The van der Waals surface area contributed by atoms with Gasteiger partial charge in [0.25, 0.3) is 0 Å². The van der Waals surface area contributed by atoms with Crippen molar-refractivity contribution in [3.05, 3.63) is 59.2 Å². The van der Waals surface area contributed by atoms with Crippen molar-refractivity contribution in [2.45, 2.75) is 32.3 Å². The average molecular weight is 322 g/mol. The monoisotopic (exact) mass is 322 g/mol. The fraction of sp³-hybridized carbons (Fsp3) is 0.381. The van der Waals surface area contributed by atoms with E-state index in [2.05, 4.69) is 49.4 Å². The van der Waals surface area contributed by atoms with E-state index in [0.717, 1.165) is 19.3 Å². The van der Waals surface area contributed by atoms with Crippen LogP contribution in [0.2, 0.25) is 0 Å². The second-order valence-electron chi connectivity index (χ2n) is 6.67. The number of hydrogen-bond acceptors (Lipinski definition) is 3. The van der Waals surface area contributed by atoms with Gasteiger partial charge in [-0.05, 0) is 47.1 Å². The van der Waals surface area contributed by atoms with Crippen LogP contribution < -0.4 is 0 Å². The number of carbonyl (C=O) groups excluding carboxylic acids is 1. The fourth-order valence-electron chi connectivity index (χ4n) is 3.53. The van der Waals surface area contributed by atoms with Gasteiger partial charge in [0.2, 0.25) is 0 Å². The summed E-state index contributed by atoms with van der Waals surface area (Å²) in [5.41, 5.74) is 6.67. The Balaban J connectivity index is 1.53. The van der Waals surface area contributed by atoms with Crippen molar-refractivity contribution in [2.24, 2.45) is 5.92 Å². The minimum atomic E-state index is -0.0962. The summed E-state index contributed by atoms with van der Waals surface area (Å²) in [5, 5.41) is 0. The summed E-state index contributed by atoms with van der Waals surface area (Å²) in [6, 6.07) is 15.0. The number of epoxide rings is 1. The van der Waals surface area contributed by atoms with Crippen LogP contribution in [0, 0.1) is 5.92 Å². The van der Waals surface area contributed by atoms with E-state index in [1.807, 2.05) is 0 Å². The van der Waals surface area contributed by atoms with Crippen LogP contribution in [0.4, 0.5) is 0 Å². The number of carbonyl (C=O) groups is 1. The zero-order valence-electron chi connectivity index (χ0n) is 14.0. The molecule has 1 fully saturated rings. The third-order valence-electron chi connectivity index (χ3n) is 5.05. The molecule has 0 saturated carbocycles. The maximum atomic E-state index is 12.4. The molecule has 0 aromatic heterocycles. The fourth-order valence-corrected chi connectivity index (χ4v) is 3.53. The van der Waals surface area contributed by atoms with Crippen molar-refractivity contribution in [3.8, 4) is 11.1 Å². The van der Waals surface area contributed by atoms with Crippen LogP contribution in [-0.4, -0.2) is 25.3 Å². The van der Waals surface area contributed by atoms with Gasteiger partial charge in [-0.15, -0.1) is 0 Å². The molecule has 124 valence electrons. The molecule has 3 nitrogen and oxygen atoms in total. The average Bonchev–Trinajstić information content (AvgIpc) is 3.36. The standard InChI is InChI=1S/C21H22O3/c1-2-14(21(22)24-13-17-12-23-17)10-15-7-5-9-19-18-8-4-3-6-16(18)11-20(15)19/h3-9,14,17H,2,10-13H2,1H3. The summed E-state index contributed by atoms with van der Waals surface area (Å²) in [5.74, 6) is -0.180. The van der Waals surface area contributed by atoms with Crippen LogP contribution in [0.1, 0.15) is 30.0 Å². The van der Waals surface area contributed by atoms with Gasteiger partial charge in [0.1, 0.15) is 12.7 Å². The Morgan fingerprint density at radius 1 is 1.21 bits per heavy atom. The maximum absolute atomic E-state index is 12.4. The number of benzene rings is 2. The molecular weight excluding hydrogens is 300 g/mol. The molecule has 1 aliphatic carbocycles. The molecule has 0 amide bonds. The van der Waals surface area contributed by atoms with E-state index < -0.39 is 0 Å². The SMILES string of the molecule is CCC(Cc1cccc2c1Cc1ccccc1-2)C(=O)OCC1CO1. The summed E-state index contributed by atoms with van der Waals surface area (Å²) < 4.78 is 10.5. The Morgan fingerprint density at radius 2 is 2.00 bits per heavy atom. The van der Waals surface area contributed by atoms with E-state index in [1.165, 1.54) is 27.8 Å². The number of fused-ring (bicyclic) bond motifs is 3. The smallest absolute Gasteiger partial charge is 0.309 e. The largest absolute Gasteiger partial charge is 0.463 e. The molecule has 1 aliphatic heterocycles. The Hall–Kier alpha value is -2.13. The van der Waals surface area contributed by atoms with Crippen LogP contribution in [0.25, 0.3) is 11.1 Å². The summed E-state index contributed by atoms with van der Waals surface area (Å²) in [7, 11) is 0. The van der Waals surface area contributed by atoms with Crippen molar-refractivity contribution in [1.29, 1.82) is 0 Å². The number of esters is 1. The van der Waals surface area contributed by atoms with Crippen molar-refractivity contribution >= 4 is 5.97 Å². The molecule has 1 heterocycles. The zero-order chi connectivity index (χ0) is 16.5. The highest BCUT2D eigenvalue weighted by molar-refractivity contribution is 5.78. The van der Waals surface area contributed by atoms with E-state index in [-0.39, 0.29) is 18.0 Å². The molecule has 4 rings (SSSR count). The van der Waals surface area contributed by atoms with E-state index in [4.69, 9.17) is 9.47 Å². The first-order valence-corrected chi connectivity index (χ1v) is 8.73. The lowest BCUT2D eigenvalue weighted by atomic mass is 9.91. The number of rotatable bonds is 6. The summed E-state index contributed by atoms with van der Waals surface area (Å²) in [4.78, 5) is 12.4. The molecule has 2 atom stereocenters. The molecule has 0 radical (unpaired) electrons. The Morgan fingerprint density at radius 3 is 2.79 bits per heavy atom. The van der Waals surface area contributed by atoms with Crippen LogP contribution >= 0.6 is 0 Å². The lowest BCUT2D eigenvalue weighted by Gasteiger charge is -2.16. The molecule has 0 bridgehead atoms. The second kappa shape index (κ2) is 6.40. The first kappa shape index (κ1) is 15.4. The van der Waals surface area contributed by atoms with Gasteiger partial charge in [0.05, 0.1) is 12.5 Å². The van der Waals surface area contributed by atoms with Crippen LogP contribution in [-0.2, 0) is 27.1 Å². The first-order valence-electron chi connectivity index (χ1n) is 8.73. The Kier molecular flexibility index (Phi) is 4.11. The molecular formula is C21H22O3. The summed E-state index contributed by atoms with van der Waals surface area (Å²) in [6.07, 6.45) is 2.63. The minimum absolute atomic E-state index is 0.0843. The third kappa shape index (κ3) is 2.96. The molecule has 2 aromatic carbocycles. The zero-order valence-corrected chi connectivity index (χ0v) is 14.0. The summed E-state index contributed by atoms with van der Waals surface area (Å²) >= 11 is 0.